The van der Waals surface area contributed by atoms with Gasteiger partial charge in [-0.1, -0.05) is 18.2 Å². The van der Waals surface area contributed by atoms with Gasteiger partial charge in [0.2, 0.25) is 5.90 Å². The number of benzene rings is 2. The van der Waals surface area contributed by atoms with E-state index in [-0.39, 0.29) is 5.70 Å². The lowest BCUT2D eigenvalue weighted by atomic mass is 10.1. The van der Waals surface area contributed by atoms with E-state index in [2.05, 4.69) is 4.99 Å². The Hall–Kier alpha value is -3.08. The molecule has 3 rings (SSSR count). The van der Waals surface area contributed by atoms with E-state index in [9.17, 15) is 4.79 Å². The minimum absolute atomic E-state index is 0.239. The van der Waals surface area contributed by atoms with Gasteiger partial charge in [0.1, 0.15) is 11.5 Å². The van der Waals surface area contributed by atoms with Gasteiger partial charge in [-0.2, -0.15) is 0 Å². The fourth-order valence-electron chi connectivity index (χ4n) is 2.41. The summed E-state index contributed by atoms with van der Waals surface area (Å²) in [5.74, 6) is 1.11. The van der Waals surface area contributed by atoms with Crippen molar-refractivity contribution in [1.29, 1.82) is 0 Å². The van der Waals surface area contributed by atoms with Crippen molar-refractivity contribution >= 4 is 17.9 Å². The third kappa shape index (κ3) is 3.15. The fraction of sp³-hybridized carbons (Fsp3) is 0.158. The molecule has 1 aliphatic heterocycles. The minimum atomic E-state index is -0.477. The van der Waals surface area contributed by atoms with E-state index >= 15 is 0 Å². The number of methoxy groups -OCH3 is 2. The zero-order valence-corrected chi connectivity index (χ0v) is 13.7. The van der Waals surface area contributed by atoms with Crippen molar-refractivity contribution in [2.24, 2.45) is 4.99 Å². The summed E-state index contributed by atoms with van der Waals surface area (Å²) in [5, 5.41) is 0. The van der Waals surface area contributed by atoms with Crippen molar-refractivity contribution in [1.82, 2.24) is 0 Å². The monoisotopic (exact) mass is 323 g/mol. The minimum Gasteiger partial charge on any atom is -0.497 e. The summed E-state index contributed by atoms with van der Waals surface area (Å²) in [7, 11) is 3.15. The van der Waals surface area contributed by atoms with Crippen molar-refractivity contribution in [2.45, 2.75) is 6.92 Å². The van der Waals surface area contributed by atoms with E-state index in [4.69, 9.17) is 14.2 Å². The molecule has 0 unspecified atom stereocenters. The van der Waals surface area contributed by atoms with E-state index in [0.717, 1.165) is 16.7 Å². The predicted octanol–water partition coefficient (Wildman–Crippen LogP) is 3.36. The maximum Gasteiger partial charge on any atom is 0.363 e. The van der Waals surface area contributed by atoms with Gasteiger partial charge in [-0.05, 0) is 42.3 Å². The first kappa shape index (κ1) is 15.8. The molecule has 0 spiro atoms. The average molecular weight is 323 g/mol. The SMILES string of the molecule is COc1cc(/C=C2/N=C(c3ccccc3C)OC2=O)cc(OC)c1. The Morgan fingerprint density at radius 2 is 1.71 bits per heavy atom. The first-order chi connectivity index (χ1) is 11.6. The molecule has 1 heterocycles. The second-order valence-electron chi connectivity index (χ2n) is 5.30. The van der Waals surface area contributed by atoms with Crippen LogP contribution in [0.3, 0.4) is 0 Å². The van der Waals surface area contributed by atoms with Gasteiger partial charge in [0.05, 0.1) is 14.2 Å². The summed E-state index contributed by atoms with van der Waals surface area (Å²) >= 11 is 0. The van der Waals surface area contributed by atoms with Crippen LogP contribution in [0.25, 0.3) is 6.08 Å². The van der Waals surface area contributed by atoms with E-state index in [1.54, 1.807) is 38.5 Å². The van der Waals surface area contributed by atoms with Crippen molar-refractivity contribution in [3.8, 4) is 11.5 Å². The Morgan fingerprint density at radius 1 is 1.04 bits per heavy atom. The standard InChI is InChI=1S/C19H17NO4/c1-12-6-4-5-7-16(12)18-20-17(19(21)24-18)10-13-8-14(22-2)11-15(9-13)23-3/h4-11H,1-3H3/b17-10+. The molecule has 0 atom stereocenters. The largest absolute Gasteiger partial charge is 0.497 e. The van der Waals surface area contributed by atoms with Crippen LogP contribution in [0.4, 0.5) is 0 Å². The highest BCUT2D eigenvalue weighted by Crippen LogP contribution is 2.26. The summed E-state index contributed by atoms with van der Waals surface area (Å²) in [6.45, 7) is 1.94. The van der Waals surface area contributed by atoms with E-state index in [1.165, 1.54) is 0 Å². The van der Waals surface area contributed by atoms with Crippen LogP contribution in [0.1, 0.15) is 16.7 Å². The van der Waals surface area contributed by atoms with Crippen molar-refractivity contribution in [2.75, 3.05) is 14.2 Å². The number of rotatable bonds is 4. The van der Waals surface area contributed by atoms with Crippen LogP contribution in [0, 0.1) is 6.92 Å². The number of esters is 1. The van der Waals surface area contributed by atoms with Crippen LogP contribution in [0.15, 0.2) is 53.2 Å². The Kier molecular flexibility index (Phi) is 4.33. The van der Waals surface area contributed by atoms with Gasteiger partial charge in [-0.15, -0.1) is 0 Å². The van der Waals surface area contributed by atoms with Gasteiger partial charge in [0.15, 0.2) is 5.70 Å². The second-order valence-corrected chi connectivity index (χ2v) is 5.30. The highest BCUT2D eigenvalue weighted by atomic mass is 16.6. The molecule has 2 aromatic rings. The predicted molar refractivity (Wildman–Crippen MR) is 91.3 cm³/mol. The van der Waals surface area contributed by atoms with Crippen LogP contribution >= 0.6 is 0 Å². The molecule has 122 valence electrons. The summed E-state index contributed by atoms with van der Waals surface area (Å²) in [6.07, 6.45) is 1.65. The molecular formula is C19H17NO4. The number of carbonyl (C=O) groups excluding carboxylic acids is 1. The molecule has 0 radical (unpaired) electrons. The molecule has 0 fully saturated rings. The average Bonchev–Trinajstić information content (AvgIpc) is 2.95. The topological polar surface area (TPSA) is 57.1 Å². The smallest absolute Gasteiger partial charge is 0.363 e. The fourth-order valence-corrected chi connectivity index (χ4v) is 2.41. The van der Waals surface area contributed by atoms with Gasteiger partial charge < -0.3 is 14.2 Å². The number of hydrogen-bond acceptors (Lipinski definition) is 5. The number of hydrogen-bond donors (Lipinski definition) is 0. The number of carbonyl (C=O) groups is 1. The molecule has 0 bridgehead atoms. The molecule has 24 heavy (non-hydrogen) atoms. The molecule has 0 aromatic heterocycles. The van der Waals surface area contributed by atoms with Gasteiger partial charge >= 0.3 is 5.97 Å². The molecule has 5 heteroatoms. The number of nitrogens with zero attached hydrogens (tertiary/aromatic N) is 1. The molecule has 5 nitrogen and oxygen atoms in total. The van der Waals surface area contributed by atoms with Gasteiger partial charge in [0, 0.05) is 11.6 Å². The van der Waals surface area contributed by atoms with Gasteiger partial charge in [-0.3, -0.25) is 0 Å². The number of ether oxygens (including phenoxy) is 3. The highest BCUT2D eigenvalue weighted by molar-refractivity contribution is 6.13. The van der Waals surface area contributed by atoms with Gasteiger partial charge in [0.25, 0.3) is 0 Å². The van der Waals surface area contributed by atoms with Crippen LogP contribution in [-0.4, -0.2) is 26.1 Å². The number of cyclic esters (lactones) is 1. The first-order valence-electron chi connectivity index (χ1n) is 7.42. The van der Waals surface area contributed by atoms with Crippen LogP contribution in [0.5, 0.6) is 11.5 Å². The summed E-state index contributed by atoms with van der Waals surface area (Å²) < 4.78 is 15.8. The van der Waals surface area contributed by atoms with Crippen LogP contribution in [-0.2, 0) is 9.53 Å². The van der Waals surface area contributed by atoms with E-state index in [1.807, 2.05) is 31.2 Å². The third-order valence-electron chi connectivity index (χ3n) is 3.67. The quantitative estimate of drug-likeness (QED) is 0.639. The molecule has 0 aliphatic carbocycles. The summed E-state index contributed by atoms with van der Waals surface area (Å²) in [4.78, 5) is 16.4. The maximum atomic E-state index is 12.1. The molecule has 0 N–H and O–H groups in total. The normalized spacial score (nSPS) is 15.2. The van der Waals surface area contributed by atoms with Gasteiger partial charge in [-0.25, -0.2) is 9.79 Å². The van der Waals surface area contributed by atoms with Crippen LogP contribution < -0.4 is 9.47 Å². The van der Waals surface area contributed by atoms with Crippen molar-refractivity contribution < 1.29 is 19.0 Å². The Labute approximate surface area is 140 Å². The highest BCUT2D eigenvalue weighted by Gasteiger charge is 2.25. The van der Waals surface area contributed by atoms with Crippen molar-refractivity contribution in [3.05, 3.63) is 64.9 Å². The molecular weight excluding hydrogens is 306 g/mol. The molecule has 0 amide bonds. The van der Waals surface area contributed by atoms with Crippen molar-refractivity contribution in [3.63, 3.8) is 0 Å². The first-order valence-corrected chi connectivity index (χ1v) is 7.42. The lowest BCUT2D eigenvalue weighted by Gasteiger charge is -2.05. The maximum absolute atomic E-state index is 12.1. The van der Waals surface area contributed by atoms with E-state index in [0.29, 0.717) is 17.4 Å². The third-order valence-corrected chi connectivity index (χ3v) is 3.67. The molecule has 2 aromatic carbocycles. The zero-order chi connectivity index (χ0) is 17.1. The zero-order valence-electron chi connectivity index (χ0n) is 13.7. The Bertz CT molecular complexity index is 830. The molecule has 0 saturated carbocycles. The lowest BCUT2D eigenvalue weighted by Crippen LogP contribution is -2.06. The lowest BCUT2D eigenvalue weighted by molar-refractivity contribution is -0.129. The number of aryl methyl sites for hydroxylation is 1. The Balaban J connectivity index is 1.99. The van der Waals surface area contributed by atoms with E-state index < -0.39 is 5.97 Å². The van der Waals surface area contributed by atoms with Crippen LogP contribution in [0.2, 0.25) is 0 Å². The summed E-state index contributed by atoms with van der Waals surface area (Å²) in [6, 6.07) is 13.0. The molecule has 1 aliphatic rings. The second kappa shape index (κ2) is 6.58. The number of aliphatic imine (C=N–C) groups is 1. The Morgan fingerprint density at radius 3 is 2.33 bits per heavy atom. The molecule has 0 saturated heterocycles. The summed E-state index contributed by atoms with van der Waals surface area (Å²) in [5.41, 5.74) is 2.78.